The number of rotatable bonds is 5. The van der Waals surface area contributed by atoms with Gasteiger partial charge in [-0.05, 0) is 55.3 Å². The second-order valence-corrected chi connectivity index (χ2v) is 9.23. The predicted molar refractivity (Wildman–Crippen MR) is 105 cm³/mol. The van der Waals surface area contributed by atoms with Crippen LogP contribution in [0.3, 0.4) is 0 Å². The molecule has 0 amide bonds. The van der Waals surface area contributed by atoms with Crippen LogP contribution in [0.15, 0.2) is 47.4 Å². The third-order valence-corrected chi connectivity index (χ3v) is 7.46. The molecule has 2 aromatic carbocycles. The fourth-order valence-corrected chi connectivity index (χ4v) is 5.34. The Morgan fingerprint density at radius 1 is 1.10 bits per heavy atom. The minimum atomic E-state index is -4.69. The first-order valence-electron chi connectivity index (χ1n) is 9.09. The number of ketones is 1. The molecular weight excluding hydrogens is 443 g/mol. The van der Waals surface area contributed by atoms with Crippen molar-refractivity contribution in [2.24, 2.45) is 5.92 Å². The van der Waals surface area contributed by atoms with E-state index in [1.807, 2.05) is 0 Å². The Kier molecular flexibility index (Phi) is 6.45. The van der Waals surface area contributed by atoms with Crippen LogP contribution in [0.1, 0.15) is 28.8 Å². The highest BCUT2D eigenvalue weighted by molar-refractivity contribution is 7.89. The van der Waals surface area contributed by atoms with E-state index in [1.165, 1.54) is 7.11 Å². The van der Waals surface area contributed by atoms with Crippen LogP contribution in [-0.4, -0.2) is 38.7 Å². The van der Waals surface area contributed by atoms with Crippen LogP contribution >= 0.6 is 11.6 Å². The van der Waals surface area contributed by atoms with Gasteiger partial charge < -0.3 is 4.74 Å². The Bertz CT molecular complexity index is 1030. The second kappa shape index (κ2) is 8.56. The first-order chi connectivity index (χ1) is 14.0. The number of methoxy groups -OCH3 is 1. The zero-order valence-corrected chi connectivity index (χ0v) is 17.5. The van der Waals surface area contributed by atoms with Gasteiger partial charge in [0.2, 0.25) is 10.0 Å². The minimum Gasteiger partial charge on any atom is -0.497 e. The van der Waals surface area contributed by atoms with Crippen molar-refractivity contribution in [2.45, 2.75) is 23.9 Å². The molecule has 0 aromatic heterocycles. The Morgan fingerprint density at radius 2 is 1.70 bits per heavy atom. The molecule has 30 heavy (non-hydrogen) atoms. The first kappa shape index (κ1) is 22.6. The zero-order valence-electron chi connectivity index (χ0n) is 15.9. The average molecular weight is 462 g/mol. The van der Waals surface area contributed by atoms with Gasteiger partial charge in [-0.3, -0.25) is 4.79 Å². The minimum absolute atomic E-state index is 0.0153. The van der Waals surface area contributed by atoms with E-state index in [-0.39, 0.29) is 42.7 Å². The molecule has 0 aliphatic carbocycles. The van der Waals surface area contributed by atoms with Crippen molar-refractivity contribution >= 4 is 27.4 Å². The molecule has 10 heteroatoms. The Hall–Kier alpha value is -2.10. The third-order valence-electron chi connectivity index (χ3n) is 5.08. The number of alkyl halides is 3. The van der Waals surface area contributed by atoms with E-state index < -0.39 is 26.7 Å². The van der Waals surface area contributed by atoms with Crippen LogP contribution in [0, 0.1) is 5.92 Å². The molecule has 0 unspecified atom stereocenters. The van der Waals surface area contributed by atoms with Gasteiger partial charge in [0, 0.05) is 24.6 Å². The Balaban J connectivity index is 1.74. The molecule has 2 aromatic rings. The van der Waals surface area contributed by atoms with Crippen molar-refractivity contribution in [3.8, 4) is 5.75 Å². The van der Waals surface area contributed by atoms with Crippen molar-refractivity contribution in [1.82, 2.24) is 4.31 Å². The van der Waals surface area contributed by atoms with E-state index in [1.54, 1.807) is 24.3 Å². The number of carbonyl (C=O) groups excluding carboxylic acids is 1. The molecule has 0 saturated carbocycles. The van der Waals surface area contributed by atoms with Crippen molar-refractivity contribution < 1.29 is 31.1 Å². The standard InChI is InChI=1S/C20H19ClF3NO4S/c1-29-16-5-2-13(3-6-16)19(26)14-8-10-25(11-9-14)30(27,28)18-12-15(20(22,23)24)4-7-17(18)21/h2-7,12,14H,8-11H2,1H3. The summed E-state index contributed by atoms with van der Waals surface area (Å²) in [5.41, 5.74) is -0.590. The van der Waals surface area contributed by atoms with Crippen LogP contribution in [0.4, 0.5) is 13.2 Å². The first-order valence-corrected chi connectivity index (χ1v) is 10.9. The number of hydrogen-bond acceptors (Lipinski definition) is 4. The van der Waals surface area contributed by atoms with Crippen molar-refractivity contribution in [1.29, 1.82) is 0 Å². The maximum atomic E-state index is 13.0. The van der Waals surface area contributed by atoms with Crippen LogP contribution in [-0.2, 0) is 16.2 Å². The monoisotopic (exact) mass is 461 g/mol. The van der Waals surface area contributed by atoms with Gasteiger partial charge in [-0.15, -0.1) is 0 Å². The van der Waals surface area contributed by atoms with Gasteiger partial charge in [-0.25, -0.2) is 8.42 Å². The van der Waals surface area contributed by atoms with Crippen molar-refractivity contribution in [3.63, 3.8) is 0 Å². The average Bonchev–Trinajstić information content (AvgIpc) is 2.72. The second-order valence-electron chi connectivity index (χ2n) is 6.91. The Morgan fingerprint density at radius 3 is 2.23 bits per heavy atom. The lowest BCUT2D eigenvalue weighted by Crippen LogP contribution is -2.40. The topological polar surface area (TPSA) is 63.7 Å². The van der Waals surface area contributed by atoms with Gasteiger partial charge in [0.05, 0.1) is 17.7 Å². The molecule has 0 atom stereocenters. The number of hydrogen-bond donors (Lipinski definition) is 0. The maximum Gasteiger partial charge on any atom is 0.416 e. The van der Waals surface area contributed by atoms with Crippen LogP contribution in [0.25, 0.3) is 0 Å². The normalized spacial score (nSPS) is 16.4. The number of piperidine rings is 1. The summed E-state index contributed by atoms with van der Waals surface area (Å²) < 4.78 is 70.8. The van der Waals surface area contributed by atoms with Crippen LogP contribution in [0.2, 0.25) is 5.02 Å². The van der Waals surface area contributed by atoms with Gasteiger partial charge in [-0.1, -0.05) is 11.6 Å². The number of halogens is 4. The summed E-state index contributed by atoms with van der Waals surface area (Å²) in [4.78, 5) is 12.1. The highest BCUT2D eigenvalue weighted by Crippen LogP contribution is 2.35. The summed E-state index contributed by atoms with van der Waals surface area (Å²) in [6, 6.07) is 8.84. The summed E-state index contributed by atoms with van der Waals surface area (Å²) >= 11 is 5.90. The SMILES string of the molecule is COc1ccc(C(=O)C2CCN(S(=O)(=O)c3cc(C(F)(F)F)ccc3Cl)CC2)cc1. The predicted octanol–water partition coefficient (Wildman–Crippen LogP) is 4.65. The highest BCUT2D eigenvalue weighted by Gasteiger charge is 2.36. The van der Waals surface area contributed by atoms with Crippen LogP contribution in [0.5, 0.6) is 5.75 Å². The third kappa shape index (κ3) is 4.63. The summed E-state index contributed by atoms with van der Waals surface area (Å²) in [6.45, 7) is 0.0307. The summed E-state index contributed by atoms with van der Waals surface area (Å²) in [5.74, 6) is 0.138. The van der Waals surface area contributed by atoms with E-state index in [4.69, 9.17) is 16.3 Å². The number of Topliss-reactive ketones (excluding diaryl/α,β-unsaturated/α-hetero) is 1. The van der Waals surface area contributed by atoms with Crippen molar-refractivity contribution in [2.75, 3.05) is 20.2 Å². The maximum absolute atomic E-state index is 13.0. The van der Waals surface area contributed by atoms with Gasteiger partial charge in [0.1, 0.15) is 10.6 Å². The summed E-state index contributed by atoms with van der Waals surface area (Å²) in [5, 5.41) is -0.278. The van der Waals surface area contributed by atoms with Gasteiger partial charge in [0.25, 0.3) is 0 Å². The quantitative estimate of drug-likeness (QED) is 0.608. The number of benzene rings is 2. The molecule has 1 fully saturated rings. The molecule has 1 aliphatic rings. The molecular formula is C20H19ClF3NO4S. The molecule has 0 spiro atoms. The van der Waals surface area contributed by atoms with Gasteiger partial charge >= 0.3 is 6.18 Å². The lowest BCUT2D eigenvalue weighted by atomic mass is 9.89. The fourth-order valence-electron chi connectivity index (χ4n) is 3.37. The number of nitrogens with zero attached hydrogens (tertiary/aromatic N) is 1. The Labute approximate surface area is 177 Å². The van der Waals surface area contributed by atoms with E-state index in [9.17, 15) is 26.4 Å². The lowest BCUT2D eigenvalue weighted by molar-refractivity contribution is -0.137. The molecule has 5 nitrogen and oxygen atoms in total. The number of sulfonamides is 1. The number of ether oxygens (including phenoxy) is 1. The van der Waals surface area contributed by atoms with Gasteiger partial charge in [-0.2, -0.15) is 17.5 Å². The molecule has 3 rings (SSSR count). The molecule has 0 bridgehead atoms. The fraction of sp³-hybridized carbons (Fsp3) is 0.350. The zero-order chi connectivity index (χ0) is 22.1. The molecule has 1 aliphatic heterocycles. The highest BCUT2D eigenvalue weighted by atomic mass is 35.5. The number of carbonyl (C=O) groups is 1. The molecule has 1 heterocycles. The summed E-state index contributed by atoms with van der Waals surface area (Å²) in [6.07, 6.45) is -4.16. The smallest absolute Gasteiger partial charge is 0.416 e. The molecule has 162 valence electrons. The molecule has 0 N–H and O–H groups in total. The van der Waals surface area contributed by atoms with E-state index in [2.05, 4.69) is 0 Å². The van der Waals surface area contributed by atoms with Crippen LogP contribution < -0.4 is 4.74 Å². The van der Waals surface area contributed by atoms with E-state index in [0.717, 1.165) is 16.4 Å². The lowest BCUT2D eigenvalue weighted by Gasteiger charge is -2.31. The summed E-state index contributed by atoms with van der Waals surface area (Å²) in [7, 11) is -2.71. The molecule has 0 radical (unpaired) electrons. The van der Waals surface area contributed by atoms with E-state index in [0.29, 0.717) is 17.4 Å². The largest absolute Gasteiger partial charge is 0.497 e. The van der Waals surface area contributed by atoms with E-state index >= 15 is 0 Å². The molecule has 1 saturated heterocycles. The van der Waals surface area contributed by atoms with Gasteiger partial charge in [0.15, 0.2) is 5.78 Å². The van der Waals surface area contributed by atoms with Crippen molar-refractivity contribution in [3.05, 3.63) is 58.6 Å².